The minimum atomic E-state index is -0.326. The molecule has 0 saturated heterocycles. The summed E-state index contributed by atoms with van der Waals surface area (Å²) in [5.41, 5.74) is 1.81. The SMILES string of the molecule is CC(C)CNC(C#N)c1ccc(Br)c2cccnc12. The van der Waals surface area contributed by atoms with Crippen molar-refractivity contribution >= 4 is 26.8 Å². The van der Waals surface area contributed by atoms with Gasteiger partial charge in [0.2, 0.25) is 0 Å². The van der Waals surface area contributed by atoms with Gasteiger partial charge in [-0.15, -0.1) is 0 Å². The maximum absolute atomic E-state index is 9.37. The average molecular weight is 318 g/mol. The third-order valence-corrected chi connectivity index (χ3v) is 3.61. The molecule has 0 spiro atoms. The van der Waals surface area contributed by atoms with E-state index < -0.39 is 0 Å². The molecule has 0 aliphatic rings. The van der Waals surface area contributed by atoms with Crippen molar-refractivity contribution in [3.05, 3.63) is 40.5 Å². The molecule has 19 heavy (non-hydrogen) atoms. The van der Waals surface area contributed by atoms with E-state index in [2.05, 4.69) is 46.1 Å². The fourth-order valence-electron chi connectivity index (χ4n) is 1.97. The molecule has 1 aromatic heterocycles. The van der Waals surface area contributed by atoms with Gasteiger partial charge < -0.3 is 0 Å². The lowest BCUT2D eigenvalue weighted by atomic mass is 10.0. The third-order valence-electron chi connectivity index (χ3n) is 2.92. The van der Waals surface area contributed by atoms with Gasteiger partial charge in [-0.1, -0.05) is 41.9 Å². The smallest absolute Gasteiger partial charge is 0.123 e. The van der Waals surface area contributed by atoms with Crippen LogP contribution in [0.1, 0.15) is 25.5 Å². The van der Waals surface area contributed by atoms with Crippen LogP contribution in [0.15, 0.2) is 34.9 Å². The number of nitrogens with one attached hydrogen (secondary N) is 1. The number of fused-ring (bicyclic) bond motifs is 1. The van der Waals surface area contributed by atoms with Gasteiger partial charge in [-0.2, -0.15) is 5.26 Å². The number of hydrogen-bond acceptors (Lipinski definition) is 3. The predicted octanol–water partition coefficient (Wildman–Crippen LogP) is 3.81. The van der Waals surface area contributed by atoms with E-state index >= 15 is 0 Å². The standard InChI is InChI=1S/C15H16BrN3/c1-10(2)9-19-14(8-17)12-5-6-13(16)11-4-3-7-18-15(11)12/h3-7,10,14,19H,9H2,1-2H3. The zero-order chi connectivity index (χ0) is 13.8. The number of nitriles is 1. The first-order chi connectivity index (χ1) is 9.13. The molecule has 3 nitrogen and oxygen atoms in total. The minimum Gasteiger partial charge on any atom is -0.298 e. The van der Waals surface area contributed by atoms with Gasteiger partial charge in [-0.3, -0.25) is 10.3 Å². The zero-order valence-corrected chi connectivity index (χ0v) is 12.6. The summed E-state index contributed by atoms with van der Waals surface area (Å²) in [4.78, 5) is 4.42. The molecule has 0 amide bonds. The Morgan fingerprint density at radius 1 is 1.37 bits per heavy atom. The Hall–Kier alpha value is -1.44. The summed E-state index contributed by atoms with van der Waals surface area (Å²) in [5.74, 6) is 0.505. The molecule has 0 fully saturated rings. The van der Waals surface area contributed by atoms with Crippen LogP contribution >= 0.6 is 15.9 Å². The fourth-order valence-corrected chi connectivity index (χ4v) is 2.42. The molecule has 1 atom stereocenters. The fraction of sp³-hybridized carbons (Fsp3) is 0.333. The van der Waals surface area contributed by atoms with Crippen molar-refractivity contribution < 1.29 is 0 Å². The molecule has 0 saturated carbocycles. The number of pyridine rings is 1. The van der Waals surface area contributed by atoms with Crippen molar-refractivity contribution in [2.24, 2.45) is 5.92 Å². The molecule has 2 aromatic rings. The van der Waals surface area contributed by atoms with Gasteiger partial charge in [-0.25, -0.2) is 0 Å². The summed E-state index contributed by atoms with van der Waals surface area (Å²) in [6, 6.07) is 9.83. The van der Waals surface area contributed by atoms with E-state index in [1.54, 1.807) is 6.20 Å². The quantitative estimate of drug-likeness (QED) is 0.932. The number of benzene rings is 1. The normalized spacial score (nSPS) is 12.6. The molecular formula is C15H16BrN3. The van der Waals surface area contributed by atoms with Crippen molar-refractivity contribution in [2.75, 3.05) is 6.54 Å². The van der Waals surface area contributed by atoms with Gasteiger partial charge >= 0.3 is 0 Å². The number of halogens is 1. The molecule has 4 heteroatoms. The summed E-state index contributed by atoms with van der Waals surface area (Å²) < 4.78 is 1.000. The van der Waals surface area contributed by atoms with Gasteiger partial charge in [0.1, 0.15) is 6.04 Å². The first-order valence-corrected chi connectivity index (χ1v) is 7.09. The molecule has 1 heterocycles. The number of nitrogens with zero attached hydrogens (tertiary/aromatic N) is 2. The molecule has 1 aromatic carbocycles. The van der Waals surface area contributed by atoms with Gasteiger partial charge in [0.05, 0.1) is 11.6 Å². The predicted molar refractivity (Wildman–Crippen MR) is 80.6 cm³/mol. The molecule has 98 valence electrons. The second kappa shape index (κ2) is 6.14. The Balaban J connectivity index is 2.44. The van der Waals surface area contributed by atoms with Gasteiger partial charge in [0, 0.05) is 21.6 Å². The van der Waals surface area contributed by atoms with Crippen molar-refractivity contribution in [2.45, 2.75) is 19.9 Å². The molecule has 2 rings (SSSR count). The summed E-state index contributed by atoms with van der Waals surface area (Å²) in [7, 11) is 0. The largest absolute Gasteiger partial charge is 0.298 e. The molecule has 0 aliphatic carbocycles. The summed E-state index contributed by atoms with van der Waals surface area (Å²) in [6.45, 7) is 5.06. The van der Waals surface area contributed by atoms with Crippen LogP contribution in [0.2, 0.25) is 0 Å². The van der Waals surface area contributed by atoms with Crippen LogP contribution < -0.4 is 5.32 Å². The molecule has 1 unspecified atom stereocenters. The molecule has 0 radical (unpaired) electrons. The van der Waals surface area contributed by atoms with Gasteiger partial charge in [-0.05, 0) is 24.6 Å². The lowest BCUT2D eigenvalue weighted by molar-refractivity contribution is 0.526. The van der Waals surface area contributed by atoms with E-state index in [-0.39, 0.29) is 6.04 Å². The highest BCUT2D eigenvalue weighted by atomic mass is 79.9. The summed E-state index contributed by atoms with van der Waals surface area (Å²) in [5, 5.41) is 13.7. The van der Waals surface area contributed by atoms with Crippen LogP contribution in [-0.4, -0.2) is 11.5 Å². The molecule has 0 bridgehead atoms. The molecule has 0 aliphatic heterocycles. The Morgan fingerprint density at radius 3 is 2.84 bits per heavy atom. The average Bonchev–Trinajstić information content (AvgIpc) is 2.41. The van der Waals surface area contributed by atoms with Crippen LogP contribution in [0, 0.1) is 17.2 Å². The van der Waals surface area contributed by atoms with E-state index in [0.717, 1.165) is 27.5 Å². The highest BCUT2D eigenvalue weighted by Gasteiger charge is 2.15. The monoisotopic (exact) mass is 317 g/mol. The van der Waals surface area contributed by atoms with Crippen molar-refractivity contribution in [1.82, 2.24) is 10.3 Å². The van der Waals surface area contributed by atoms with E-state index in [9.17, 15) is 5.26 Å². The van der Waals surface area contributed by atoms with E-state index in [1.165, 1.54) is 0 Å². The minimum absolute atomic E-state index is 0.326. The summed E-state index contributed by atoms with van der Waals surface area (Å²) >= 11 is 3.52. The second-order valence-electron chi connectivity index (χ2n) is 4.90. The first kappa shape index (κ1) is 14.0. The number of aromatic nitrogens is 1. The number of hydrogen-bond donors (Lipinski definition) is 1. The van der Waals surface area contributed by atoms with Crippen molar-refractivity contribution in [3.8, 4) is 6.07 Å². The second-order valence-corrected chi connectivity index (χ2v) is 5.75. The van der Waals surface area contributed by atoms with Gasteiger partial charge in [0.15, 0.2) is 0 Å². The molecular weight excluding hydrogens is 302 g/mol. The lowest BCUT2D eigenvalue weighted by Crippen LogP contribution is -2.24. The van der Waals surface area contributed by atoms with Crippen LogP contribution in [0.5, 0.6) is 0 Å². The van der Waals surface area contributed by atoms with Crippen LogP contribution in [0.3, 0.4) is 0 Å². The lowest BCUT2D eigenvalue weighted by Gasteiger charge is -2.15. The van der Waals surface area contributed by atoms with Crippen LogP contribution in [-0.2, 0) is 0 Å². The van der Waals surface area contributed by atoms with Crippen LogP contribution in [0.4, 0.5) is 0 Å². The zero-order valence-electron chi connectivity index (χ0n) is 11.0. The third kappa shape index (κ3) is 3.12. The van der Waals surface area contributed by atoms with Crippen LogP contribution in [0.25, 0.3) is 10.9 Å². The van der Waals surface area contributed by atoms with E-state index in [1.807, 2.05) is 24.3 Å². The Labute approximate surface area is 121 Å². The maximum Gasteiger partial charge on any atom is 0.123 e. The van der Waals surface area contributed by atoms with Gasteiger partial charge in [0.25, 0.3) is 0 Å². The van der Waals surface area contributed by atoms with Crippen molar-refractivity contribution in [1.29, 1.82) is 5.26 Å². The number of rotatable bonds is 4. The van der Waals surface area contributed by atoms with Crippen molar-refractivity contribution in [3.63, 3.8) is 0 Å². The maximum atomic E-state index is 9.37. The summed E-state index contributed by atoms with van der Waals surface area (Å²) in [6.07, 6.45) is 1.76. The van der Waals surface area contributed by atoms with E-state index in [4.69, 9.17) is 0 Å². The first-order valence-electron chi connectivity index (χ1n) is 6.29. The highest BCUT2D eigenvalue weighted by molar-refractivity contribution is 9.10. The Kier molecular flexibility index (Phi) is 4.52. The van der Waals surface area contributed by atoms with E-state index in [0.29, 0.717) is 5.92 Å². The highest BCUT2D eigenvalue weighted by Crippen LogP contribution is 2.28. The molecule has 1 N–H and O–H groups in total. The Bertz CT molecular complexity index is 616. The topological polar surface area (TPSA) is 48.7 Å². The Morgan fingerprint density at radius 2 is 2.16 bits per heavy atom.